The van der Waals surface area contributed by atoms with Gasteiger partial charge >= 0.3 is 0 Å². The molecule has 5 aromatic rings. The Morgan fingerprint density at radius 1 is 0.500 bits per heavy atom. The van der Waals surface area contributed by atoms with Gasteiger partial charge < -0.3 is 0 Å². The molecule has 0 atom stereocenters. The molecule has 0 saturated heterocycles. The van der Waals surface area contributed by atoms with E-state index in [4.69, 9.17) is 10.2 Å². The average molecular weight is 419 g/mol. The van der Waals surface area contributed by atoms with Gasteiger partial charge in [-0.1, -0.05) is 78.9 Å². The number of benzene rings is 3. The van der Waals surface area contributed by atoms with E-state index in [0.717, 1.165) is 47.0 Å². The van der Waals surface area contributed by atoms with Gasteiger partial charge in [-0.15, -0.1) is 0 Å². The summed E-state index contributed by atoms with van der Waals surface area (Å²) in [7, 11) is 0. The number of aryl methyl sites for hydroxylation is 2. The van der Waals surface area contributed by atoms with Gasteiger partial charge in [-0.3, -0.25) is 9.36 Å². The van der Waals surface area contributed by atoms with Gasteiger partial charge in [0.25, 0.3) is 0 Å². The van der Waals surface area contributed by atoms with Gasteiger partial charge in [-0.2, -0.15) is 10.2 Å². The number of hydrogen-bond acceptors (Lipinski definition) is 2. The van der Waals surface area contributed by atoms with Crippen molar-refractivity contribution in [3.05, 3.63) is 97.1 Å². The van der Waals surface area contributed by atoms with Crippen LogP contribution in [0.2, 0.25) is 0 Å². The molecule has 0 aliphatic rings. The molecule has 4 heteroatoms. The normalized spacial score (nSPS) is 11.1. The van der Waals surface area contributed by atoms with Crippen molar-refractivity contribution in [1.29, 1.82) is 0 Å². The van der Waals surface area contributed by atoms with E-state index in [9.17, 15) is 0 Å². The maximum absolute atomic E-state index is 4.89. The summed E-state index contributed by atoms with van der Waals surface area (Å²) in [6.07, 6.45) is 0. The van der Waals surface area contributed by atoms with Gasteiger partial charge in [0.1, 0.15) is 0 Å². The monoisotopic (exact) mass is 418 g/mol. The fourth-order valence-electron chi connectivity index (χ4n) is 4.12. The Hall–Kier alpha value is -3.92. The predicted molar refractivity (Wildman–Crippen MR) is 131 cm³/mol. The molecule has 0 unspecified atom stereocenters. The quantitative estimate of drug-likeness (QED) is 0.304. The third kappa shape index (κ3) is 3.76. The minimum atomic E-state index is 0.825. The predicted octanol–water partition coefficient (Wildman–Crippen LogP) is 6.79. The molecular formula is C28H26N4. The van der Waals surface area contributed by atoms with Gasteiger partial charge in [0, 0.05) is 24.2 Å². The van der Waals surface area contributed by atoms with Crippen molar-refractivity contribution in [1.82, 2.24) is 19.6 Å². The Labute approximate surface area is 188 Å². The van der Waals surface area contributed by atoms with Crippen molar-refractivity contribution in [2.75, 3.05) is 0 Å². The summed E-state index contributed by atoms with van der Waals surface area (Å²) in [6, 6.07) is 33.7. The largest absolute Gasteiger partial charge is 0.265 e. The third-order valence-electron chi connectivity index (χ3n) is 5.75. The Balaban J connectivity index is 1.54. The highest BCUT2D eigenvalue weighted by atomic mass is 15.3. The second kappa shape index (κ2) is 8.67. The summed E-state index contributed by atoms with van der Waals surface area (Å²) in [5.41, 5.74) is 8.78. The molecule has 5 rings (SSSR count). The topological polar surface area (TPSA) is 35.6 Å². The third-order valence-corrected chi connectivity index (χ3v) is 5.75. The van der Waals surface area contributed by atoms with E-state index in [0.29, 0.717) is 0 Å². The van der Waals surface area contributed by atoms with Crippen LogP contribution in [0.25, 0.3) is 45.0 Å². The minimum absolute atomic E-state index is 0.825. The molecule has 0 N–H and O–H groups in total. The molecule has 0 aliphatic heterocycles. The summed E-state index contributed by atoms with van der Waals surface area (Å²) < 4.78 is 4.13. The molecular weight excluding hydrogens is 392 g/mol. The zero-order chi connectivity index (χ0) is 21.9. The maximum Gasteiger partial charge on any atom is 0.0929 e. The van der Waals surface area contributed by atoms with Crippen molar-refractivity contribution in [2.45, 2.75) is 26.9 Å². The van der Waals surface area contributed by atoms with Crippen LogP contribution in [0, 0.1) is 0 Å². The molecule has 158 valence electrons. The maximum atomic E-state index is 4.89. The van der Waals surface area contributed by atoms with Gasteiger partial charge in [0.2, 0.25) is 0 Å². The minimum Gasteiger partial charge on any atom is -0.265 e. The van der Waals surface area contributed by atoms with Crippen LogP contribution in [-0.4, -0.2) is 19.6 Å². The van der Waals surface area contributed by atoms with Crippen LogP contribution in [0.1, 0.15) is 13.8 Å². The van der Waals surface area contributed by atoms with Gasteiger partial charge in [-0.05, 0) is 43.2 Å². The van der Waals surface area contributed by atoms with E-state index < -0.39 is 0 Å². The highest BCUT2D eigenvalue weighted by Gasteiger charge is 2.14. The SMILES string of the molecule is CCn1nc(-c2cccc(-c3cc(-c4ccccc4)n(CC)n3)c2)cc1-c1ccccc1. The smallest absolute Gasteiger partial charge is 0.0929 e. The Kier molecular flexibility index (Phi) is 5.42. The van der Waals surface area contributed by atoms with Crippen LogP contribution in [0.4, 0.5) is 0 Å². The first-order valence-electron chi connectivity index (χ1n) is 11.1. The lowest BCUT2D eigenvalue weighted by Crippen LogP contribution is -1.99. The molecule has 0 aliphatic carbocycles. The summed E-state index contributed by atoms with van der Waals surface area (Å²) in [6.45, 7) is 5.90. The lowest BCUT2D eigenvalue weighted by atomic mass is 10.0. The molecule has 3 aromatic carbocycles. The number of nitrogens with zero attached hydrogens (tertiary/aromatic N) is 4. The standard InChI is InChI=1S/C28H26N4/c1-3-31-27(21-12-7-5-8-13-21)19-25(29-31)23-16-11-17-24(18-23)26-20-28(32(4-2)30-26)22-14-9-6-10-15-22/h5-20H,3-4H2,1-2H3. The molecule has 0 fully saturated rings. The first-order chi connectivity index (χ1) is 15.8. The first kappa shape index (κ1) is 20.0. The van der Waals surface area contributed by atoms with Crippen LogP contribution < -0.4 is 0 Å². The number of rotatable bonds is 6. The zero-order valence-electron chi connectivity index (χ0n) is 18.4. The van der Waals surface area contributed by atoms with Crippen LogP contribution in [-0.2, 0) is 13.1 Å². The average Bonchev–Trinajstić information content (AvgIpc) is 3.50. The van der Waals surface area contributed by atoms with Crippen molar-refractivity contribution in [2.24, 2.45) is 0 Å². The number of aromatic nitrogens is 4. The molecule has 0 bridgehead atoms. The molecule has 0 radical (unpaired) electrons. The molecule has 0 spiro atoms. The lowest BCUT2D eigenvalue weighted by Gasteiger charge is -2.03. The van der Waals surface area contributed by atoms with Crippen molar-refractivity contribution < 1.29 is 0 Å². The van der Waals surface area contributed by atoms with Gasteiger partial charge in [-0.25, -0.2) is 0 Å². The van der Waals surface area contributed by atoms with E-state index >= 15 is 0 Å². The van der Waals surface area contributed by atoms with Crippen LogP contribution in [0.15, 0.2) is 97.1 Å². The molecule has 0 amide bonds. The molecule has 2 aromatic heterocycles. The molecule has 0 saturated carbocycles. The lowest BCUT2D eigenvalue weighted by molar-refractivity contribution is 0.669. The van der Waals surface area contributed by atoms with E-state index in [2.05, 4.69) is 108 Å². The van der Waals surface area contributed by atoms with Crippen molar-refractivity contribution >= 4 is 0 Å². The van der Waals surface area contributed by atoms with E-state index in [1.807, 2.05) is 12.1 Å². The summed E-state index contributed by atoms with van der Waals surface area (Å²) >= 11 is 0. The first-order valence-corrected chi connectivity index (χ1v) is 11.1. The van der Waals surface area contributed by atoms with E-state index in [1.54, 1.807) is 0 Å². The fraction of sp³-hybridized carbons (Fsp3) is 0.143. The summed E-state index contributed by atoms with van der Waals surface area (Å²) in [5.74, 6) is 0. The highest BCUT2D eigenvalue weighted by molar-refractivity contribution is 5.75. The van der Waals surface area contributed by atoms with Crippen molar-refractivity contribution in [3.8, 4) is 45.0 Å². The second-order valence-electron chi connectivity index (χ2n) is 7.77. The molecule has 32 heavy (non-hydrogen) atoms. The van der Waals surface area contributed by atoms with Crippen LogP contribution in [0.5, 0.6) is 0 Å². The van der Waals surface area contributed by atoms with Crippen LogP contribution in [0.3, 0.4) is 0 Å². The highest BCUT2D eigenvalue weighted by Crippen LogP contribution is 2.31. The summed E-state index contributed by atoms with van der Waals surface area (Å²) in [4.78, 5) is 0. The number of hydrogen-bond donors (Lipinski definition) is 0. The van der Waals surface area contributed by atoms with E-state index in [-0.39, 0.29) is 0 Å². The van der Waals surface area contributed by atoms with Gasteiger partial charge in [0.05, 0.1) is 22.8 Å². The van der Waals surface area contributed by atoms with Crippen molar-refractivity contribution in [3.63, 3.8) is 0 Å². The second-order valence-corrected chi connectivity index (χ2v) is 7.77. The van der Waals surface area contributed by atoms with Gasteiger partial charge in [0.15, 0.2) is 0 Å². The van der Waals surface area contributed by atoms with E-state index in [1.165, 1.54) is 11.1 Å². The zero-order valence-corrected chi connectivity index (χ0v) is 18.4. The molecule has 2 heterocycles. The fourth-order valence-corrected chi connectivity index (χ4v) is 4.12. The van der Waals surface area contributed by atoms with Crippen LogP contribution >= 0.6 is 0 Å². The Morgan fingerprint density at radius 2 is 0.906 bits per heavy atom. The Morgan fingerprint density at radius 3 is 1.31 bits per heavy atom. The Bertz CT molecular complexity index is 1230. The molecule has 4 nitrogen and oxygen atoms in total. The summed E-state index contributed by atoms with van der Waals surface area (Å²) in [5, 5.41) is 9.78.